The lowest BCUT2D eigenvalue weighted by atomic mass is 10.1. The SMILES string of the molecule is Cc1nccc(-c2cccc(N=C(N)N=C(N)N)c2)n1. The molecule has 0 aliphatic heterocycles. The highest BCUT2D eigenvalue weighted by Gasteiger charge is 2.01. The monoisotopic (exact) mass is 269 g/mol. The van der Waals surface area contributed by atoms with Crippen LogP contribution in [0.25, 0.3) is 11.3 Å². The maximum atomic E-state index is 5.60. The molecule has 0 fully saturated rings. The molecule has 0 aliphatic rings. The summed E-state index contributed by atoms with van der Waals surface area (Å²) in [6.07, 6.45) is 1.71. The largest absolute Gasteiger partial charge is 0.370 e. The standard InChI is InChI=1S/C13H15N7/c1-8-17-6-5-11(18-8)9-3-2-4-10(7-9)19-13(16)20-12(14)15/h2-7H,1H3,(H6,14,15,16,19,20). The van der Waals surface area contributed by atoms with E-state index in [1.807, 2.05) is 31.2 Å². The van der Waals surface area contributed by atoms with E-state index in [4.69, 9.17) is 17.2 Å². The Balaban J connectivity index is 2.36. The molecule has 0 aliphatic carbocycles. The summed E-state index contributed by atoms with van der Waals surface area (Å²) in [6.45, 7) is 1.84. The molecule has 1 heterocycles. The normalized spacial score (nSPS) is 11.2. The quantitative estimate of drug-likeness (QED) is 0.545. The lowest BCUT2D eigenvalue weighted by Crippen LogP contribution is -2.26. The van der Waals surface area contributed by atoms with E-state index in [9.17, 15) is 0 Å². The fourth-order valence-corrected chi connectivity index (χ4v) is 1.64. The minimum absolute atomic E-state index is 0.000943. The maximum absolute atomic E-state index is 5.60. The summed E-state index contributed by atoms with van der Waals surface area (Å²) in [5, 5.41) is 0. The zero-order chi connectivity index (χ0) is 14.5. The lowest BCUT2D eigenvalue weighted by molar-refractivity contribution is 1.06. The fraction of sp³-hybridized carbons (Fsp3) is 0.0769. The molecule has 0 unspecified atom stereocenters. The molecule has 7 nitrogen and oxygen atoms in total. The van der Waals surface area contributed by atoms with E-state index < -0.39 is 0 Å². The molecule has 0 saturated carbocycles. The van der Waals surface area contributed by atoms with E-state index in [2.05, 4.69) is 20.0 Å². The van der Waals surface area contributed by atoms with Gasteiger partial charge in [-0.2, -0.15) is 4.99 Å². The molecule has 1 aromatic carbocycles. The molecule has 0 saturated heterocycles. The van der Waals surface area contributed by atoms with Gasteiger partial charge in [-0.05, 0) is 25.1 Å². The molecule has 0 radical (unpaired) electrons. The Hall–Kier alpha value is -2.96. The second kappa shape index (κ2) is 5.79. The van der Waals surface area contributed by atoms with Gasteiger partial charge in [-0.1, -0.05) is 12.1 Å². The molecule has 20 heavy (non-hydrogen) atoms. The average Bonchev–Trinajstić information content (AvgIpc) is 2.38. The first kappa shape index (κ1) is 13.5. The molecule has 0 spiro atoms. The van der Waals surface area contributed by atoms with Gasteiger partial charge in [0.05, 0.1) is 11.4 Å². The number of aryl methyl sites for hydroxylation is 1. The van der Waals surface area contributed by atoms with Crippen molar-refractivity contribution >= 4 is 17.6 Å². The van der Waals surface area contributed by atoms with Crippen molar-refractivity contribution < 1.29 is 0 Å². The first-order valence-electron chi connectivity index (χ1n) is 5.88. The van der Waals surface area contributed by atoms with Crippen molar-refractivity contribution in [2.24, 2.45) is 27.2 Å². The number of nitrogens with zero attached hydrogens (tertiary/aromatic N) is 4. The molecule has 0 bridgehead atoms. The van der Waals surface area contributed by atoms with Crippen LogP contribution in [0.4, 0.5) is 5.69 Å². The van der Waals surface area contributed by atoms with E-state index in [1.165, 1.54) is 0 Å². The first-order valence-corrected chi connectivity index (χ1v) is 5.88. The molecule has 0 atom stereocenters. The van der Waals surface area contributed by atoms with Gasteiger partial charge < -0.3 is 17.2 Å². The summed E-state index contributed by atoms with van der Waals surface area (Å²) in [5.41, 5.74) is 18.4. The van der Waals surface area contributed by atoms with E-state index in [0.717, 1.165) is 11.3 Å². The van der Waals surface area contributed by atoms with Gasteiger partial charge in [0.25, 0.3) is 0 Å². The van der Waals surface area contributed by atoms with Crippen LogP contribution in [-0.2, 0) is 0 Å². The third-order valence-corrected chi connectivity index (χ3v) is 2.41. The molecule has 102 valence electrons. The Kier molecular flexibility index (Phi) is 3.90. The number of hydrogen-bond donors (Lipinski definition) is 3. The van der Waals surface area contributed by atoms with E-state index >= 15 is 0 Å². The minimum Gasteiger partial charge on any atom is -0.370 e. The Morgan fingerprint density at radius 1 is 1.15 bits per heavy atom. The van der Waals surface area contributed by atoms with Gasteiger partial charge in [-0.3, -0.25) is 0 Å². The first-order chi connectivity index (χ1) is 9.54. The number of guanidine groups is 2. The van der Waals surface area contributed by atoms with Gasteiger partial charge in [-0.25, -0.2) is 15.0 Å². The second-order valence-corrected chi connectivity index (χ2v) is 4.05. The van der Waals surface area contributed by atoms with Crippen molar-refractivity contribution in [1.29, 1.82) is 0 Å². The highest BCUT2D eigenvalue weighted by molar-refractivity contribution is 5.93. The van der Waals surface area contributed by atoms with Gasteiger partial charge in [0.2, 0.25) is 5.96 Å². The van der Waals surface area contributed by atoms with Crippen LogP contribution in [0.2, 0.25) is 0 Å². The van der Waals surface area contributed by atoms with E-state index in [0.29, 0.717) is 11.5 Å². The topological polar surface area (TPSA) is 129 Å². The summed E-state index contributed by atoms with van der Waals surface area (Å²) in [5.74, 6) is 0.575. The van der Waals surface area contributed by atoms with Crippen molar-refractivity contribution in [2.75, 3.05) is 0 Å². The Bertz CT molecular complexity index is 672. The number of aromatic nitrogens is 2. The van der Waals surface area contributed by atoms with Crippen molar-refractivity contribution in [3.8, 4) is 11.3 Å². The van der Waals surface area contributed by atoms with Crippen LogP contribution in [-0.4, -0.2) is 21.9 Å². The smallest absolute Gasteiger partial charge is 0.223 e. The predicted octanol–water partition coefficient (Wildman–Crippen LogP) is 0.672. The van der Waals surface area contributed by atoms with Crippen LogP contribution >= 0.6 is 0 Å². The Morgan fingerprint density at radius 2 is 1.95 bits per heavy atom. The Labute approximate surface area is 116 Å². The van der Waals surface area contributed by atoms with E-state index in [1.54, 1.807) is 12.3 Å². The summed E-state index contributed by atoms with van der Waals surface area (Å²) >= 11 is 0. The zero-order valence-corrected chi connectivity index (χ0v) is 11.0. The lowest BCUT2D eigenvalue weighted by Gasteiger charge is -2.03. The average molecular weight is 269 g/mol. The van der Waals surface area contributed by atoms with Crippen LogP contribution in [0, 0.1) is 6.92 Å². The Morgan fingerprint density at radius 3 is 2.65 bits per heavy atom. The van der Waals surface area contributed by atoms with Crippen molar-refractivity contribution in [3.05, 3.63) is 42.4 Å². The third kappa shape index (κ3) is 3.52. The fourth-order valence-electron chi connectivity index (χ4n) is 1.64. The highest BCUT2D eigenvalue weighted by atomic mass is 15.1. The van der Waals surface area contributed by atoms with Crippen LogP contribution in [0.3, 0.4) is 0 Å². The van der Waals surface area contributed by atoms with Gasteiger partial charge in [0.15, 0.2) is 5.96 Å². The third-order valence-electron chi connectivity index (χ3n) is 2.41. The number of aliphatic imine (C=N–C) groups is 2. The van der Waals surface area contributed by atoms with Crippen LogP contribution in [0.5, 0.6) is 0 Å². The molecule has 2 rings (SSSR count). The number of nitrogens with two attached hydrogens (primary N) is 3. The van der Waals surface area contributed by atoms with Crippen molar-refractivity contribution in [2.45, 2.75) is 6.92 Å². The summed E-state index contributed by atoms with van der Waals surface area (Å²) < 4.78 is 0. The molecule has 7 heteroatoms. The van der Waals surface area contributed by atoms with Crippen molar-refractivity contribution in [3.63, 3.8) is 0 Å². The molecular formula is C13H15N7. The van der Waals surface area contributed by atoms with Gasteiger partial charge in [-0.15, -0.1) is 0 Å². The van der Waals surface area contributed by atoms with Crippen LogP contribution in [0.1, 0.15) is 5.82 Å². The van der Waals surface area contributed by atoms with Gasteiger partial charge in [0, 0.05) is 11.8 Å². The van der Waals surface area contributed by atoms with Crippen LogP contribution < -0.4 is 17.2 Å². The maximum Gasteiger partial charge on any atom is 0.223 e. The number of rotatable bonds is 2. The molecule has 6 N–H and O–H groups in total. The number of benzene rings is 1. The molecule has 0 amide bonds. The highest BCUT2D eigenvalue weighted by Crippen LogP contribution is 2.22. The van der Waals surface area contributed by atoms with Crippen molar-refractivity contribution in [1.82, 2.24) is 9.97 Å². The number of hydrogen-bond acceptors (Lipinski definition) is 3. The summed E-state index contributed by atoms with van der Waals surface area (Å²) in [4.78, 5) is 16.2. The zero-order valence-electron chi connectivity index (χ0n) is 11.0. The summed E-state index contributed by atoms with van der Waals surface area (Å²) in [7, 11) is 0. The van der Waals surface area contributed by atoms with Gasteiger partial charge >= 0.3 is 0 Å². The van der Waals surface area contributed by atoms with Gasteiger partial charge in [0.1, 0.15) is 5.82 Å². The summed E-state index contributed by atoms with van der Waals surface area (Å²) in [6, 6.07) is 9.25. The second-order valence-electron chi connectivity index (χ2n) is 4.05. The van der Waals surface area contributed by atoms with Crippen LogP contribution in [0.15, 0.2) is 46.5 Å². The molecular weight excluding hydrogens is 254 g/mol. The minimum atomic E-state index is -0.131. The predicted molar refractivity (Wildman–Crippen MR) is 79.3 cm³/mol. The molecule has 2 aromatic rings. The molecule has 1 aromatic heterocycles. The van der Waals surface area contributed by atoms with E-state index in [-0.39, 0.29) is 11.9 Å².